The van der Waals surface area contributed by atoms with Crippen LogP contribution in [0.25, 0.3) is 143 Å². The predicted octanol–water partition coefficient (Wildman–Crippen LogP) is 31.3. The standard InChI is InChI=1S/C44H32N2.C36H24N2.C12H10O.C11H8N.C10H9NO.C9H7NO.CH4BP.2Al.Ir.H/c1-3-17-37(18-4-1)45(43-23-11-15-35-13-7-9-21-41(35)43)39-29-25-33(26-30-39)34-27-31-40(32-28-34)46(38-19-5-2-6-20-38)44-24-12-16-36-14-8-10-22-42(36)44;1-5-13-33-29(9-1)30-10-2-6-14-34(30)37(33)27-21-17-25(18-22-27)26-19-23-28(24-20-26)38-35-15-7-3-11-31(35)32-12-4-8-16-36(32)38;13-12-8-6-11(7-9-12)10-4-2-1-3-5-10;1-2-6-10(7-3-1)11-8-4-5-9-12-11;1-7-5-6-8-3-2-4-9(12)10(8)11-7;11-8-5-1-3-7-4-2-6-10-9(7)8;2-1-3;;;;/h1-32H;1-24H;1-9,13H;1-6,8-9H;2-6,12H,1H3;1-6,11H;1,3H2;;;;/q;;;-1;;;;+1;+2;;/p-3. The van der Waals surface area contributed by atoms with Gasteiger partial charge in [-0.05, 0) is 208 Å². The van der Waals surface area contributed by atoms with E-state index in [1.54, 1.807) is 12.4 Å². The second-order valence-corrected chi connectivity index (χ2v) is 33.9. The van der Waals surface area contributed by atoms with Crippen LogP contribution in [-0.2, 0) is 20.1 Å². The molecule has 24 rings (SSSR count). The smallest absolute Gasteiger partial charge is 0.649 e. The molecule has 24 aromatic rings. The number of aromatic nitrogens is 5. The maximum atomic E-state index is 5.89. The predicted molar refractivity (Wildman–Crippen MR) is 581 cm³/mol. The van der Waals surface area contributed by atoms with Gasteiger partial charge in [0.25, 0.3) is 0 Å². The van der Waals surface area contributed by atoms with Crippen LogP contribution in [0.15, 0.2) is 510 Å². The first kappa shape index (κ1) is 92.9. The first-order valence-corrected chi connectivity index (χ1v) is 47.9. The largest absolute Gasteiger partial charge is 0.881 e. The van der Waals surface area contributed by atoms with Crippen LogP contribution in [0.5, 0.6) is 17.2 Å². The first-order valence-electron chi connectivity index (χ1n) is 45.5. The zero-order valence-corrected chi connectivity index (χ0v) is 82.0. The van der Waals surface area contributed by atoms with E-state index in [4.69, 9.17) is 19.2 Å². The molecular formula is C123H92Al2BIrN7O3P-. The van der Waals surface area contributed by atoms with E-state index in [2.05, 4.69) is 419 Å². The van der Waals surface area contributed by atoms with E-state index in [1.165, 1.54) is 127 Å². The molecule has 5 radical (unpaired) electrons. The summed E-state index contributed by atoms with van der Waals surface area (Å²) in [4.78, 5) is 17.7. The van der Waals surface area contributed by atoms with Gasteiger partial charge >= 0.3 is 32.5 Å². The minimum Gasteiger partial charge on any atom is -0.649 e. The summed E-state index contributed by atoms with van der Waals surface area (Å²) in [6.07, 6.45) is 3.56. The molecule has 661 valence electrons. The van der Waals surface area contributed by atoms with Crippen molar-refractivity contribution < 1.29 is 31.5 Å². The van der Waals surface area contributed by atoms with Crippen molar-refractivity contribution in [3.63, 3.8) is 0 Å². The van der Waals surface area contributed by atoms with E-state index >= 15 is 0 Å². The zero-order valence-electron chi connectivity index (χ0n) is 75.8. The molecule has 0 amide bonds. The minimum absolute atomic E-state index is 0. The Morgan fingerprint density at radius 3 is 1.14 bits per heavy atom. The van der Waals surface area contributed by atoms with Gasteiger partial charge in [-0.25, -0.2) is 4.98 Å². The zero-order chi connectivity index (χ0) is 92.9. The molecule has 19 aromatic carbocycles. The summed E-state index contributed by atoms with van der Waals surface area (Å²) < 4.78 is 21.6. The van der Waals surface area contributed by atoms with Gasteiger partial charge in [0.2, 0.25) is 0 Å². The molecule has 1 unspecified atom stereocenters. The summed E-state index contributed by atoms with van der Waals surface area (Å²) in [5.41, 5.74) is 26.0. The summed E-state index contributed by atoms with van der Waals surface area (Å²) in [5, 5.41) is 12.2. The Bertz CT molecular complexity index is 7690. The Hall–Kier alpha value is -15.5. The van der Waals surface area contributed by atoms with E-state index in [1.807, 2.05) is 134 Å². The number of rotatable bonds is 17. The maximum absolute atomic E-state index is 5.89. The van der Waals surface area contributed by atoms with Crippen molar-refractivity contribution in [1.29, 1.82) is 0 Å². The average Bonchev–Trinajstić information content (AvgIpc) is 1.64. The van der Waals surface area contributed by atoms with Crippen LogP contribution in [0.4, 0.5) is 34.1 Å². The summed E-state index contributed by atoms with van der Waals surface area (Å²) >= 11 is 0.801. The number of fused-ring (bicyclic) bond motifs is 10. The van der Waals surface area contributed by atoms with Crippen molar-refractivity contribution in [2.45, 2.75) is 6.92 Å². The van der Waals surface area contributed by atoms with E-state index < -0.39 is 15.9 Å². The van der Waals surface area contributed by atoms with Crippen LogP contribution in [0.3, 0.4) is 0 Å². The Morgan fingerprint density at radius 1 is 0.319 bits per heavy atom. The Kier molecular flexibility index (Phi) is 30.4. The molecule has 10 nitrogen and oxygen atoms in total. The number of pyridine rings is 3. The number of benzene rings is 19. The van der Waals surface area contributed by atoms with Gasteiger partial charge in [-0.2, -0.15) is 0 Å². The number of hydrogen-bond donors (Lipinski definition) is 0. The van der Waals surface area contributed by atoms with Crippen LogP contribution >= 0.6 is 9.24 Å². The summed E-state index contributed by atoms with van der Waals surface area (Å²) in [7, 11) is 7.17. The molecule has 0 spiro atoms. The minimum atomic E-state index is -0.665. The first-order chi connectivity index (χ1) is 67.8. The van der Waals surface area contributed by atoms with Gasteiger partial charge in [0.1, 0.15) is 22.5 Å². The second kappa shape index (κ2) is 45.2. The van der Waals surface area contributed by atoms with Gasteiger partial charge in [-0.3, -0.25) is 4.98 Å². The van der Waals surface area contributed by atoms with Crippen molar-refractivity contribution in [2.75, 3.05) is 15.9 Å². The molecule has 0 aliphatic carbocycles. The molecule has 0 bridgehead atoms. The van der Waals surface area contributed by atoms with Crippen LogP contribution in [0.1, 0.15) is 5.69 Å². The van der Waals surface area contributed by atoms with E-state index in [0.29, 0.717) is 6.06 Å². The van der Waals surface area contributed by atoms with Crippen molar-refractivity contribution in [2.24, 2.45) is 0 Å². The molecule has 0 aliphatic heterocycles. The SMILES string of the molecule is Cc1ccc2cccc([O][Al][O]c3ccc(-c4ccccc4)cc3)c2n1.[AlH][O]c1cccc2cccnc12.[B]CP.[Ir].[c-]1ccccc1-c1ccccn1.c1ccc(N(c2ccc(-c3ccc(N(c4ccccc4)c4cccc5ccccc45)cc3)cc2)c2cccc3ccccc23)cc1.c1ccc2c(c1)c1ccccc1n2-c1ccc(-c2ccc(-n3c4ccccc4c4ccccc43)cc2)cc1. The Labute approximate surface area is 836 Å². The molecule has 0 N–H and O–H groups in total. The van der Waals surface area contributed by atoms with Gasteiger partial charge in [0, 0.05) is 115 Å². The third-order valence-corrected chi connectivity index (χ3v) is 24.9. The number of para-hydroxylation sites is 8. The fourth-order valence-electron chi connectivity index (χ4n) is 17.5. The summed E-state index contributed by atoms with van der Waals surface area (Å²) in [6, 6.07) is 177. The third-order valence-electron chi connectivity index (χ3n) is 23.9. The van der Waals surface area contributed by atoms with E-state index in [-0.39, 0.29) is 20.1 Å². The van der Waals surface area contributed by atoms with E-state index in [9.17, 15) is 0 Å². The van der Waals surface area contributed by atoms with Crippen LogP contribution in [0, 0.1) is 13.0 Å². The normalized spacial score (nSPS) is 10.7. The molecule has 0 saturated heterocycles. The molecule has 5 heterocycles. The summed E-state index contributed by atoms with van der Waals surface area (Å²) in [6.45, 7) is 1.98. The topological polar surface area (TPSA) is 82.7 Å². The van der Waals surface area contributed by atoms with Crippen molar-refractivity contribution >= 4 is 171 Å². The van der Waals surface area contributed by atoms with Crippen molar-refractivity contribution in [1.82, 2.24) is 24.1 Å². The monoisotopic (exact) mass is 2000 g/mol. The number of nitrogens with zero attached hydrogens (tertiary/aromatic N) is 7. The van der Waals surface area contributed by atoms with Gasteiger partial charge < -0.3 is 35.3 Å². The Balaban J connectivity index is 0.000000123. The molecule has 1 atom stereocenters. The fraction of sp³-hybridized carbons (Fsp3) is 0.0163. The number of aryl methyl sites for hydroxylation is 1. The average molecular weight is 2000 g/mol. The third kappa shape index (κ3) is 21.3. The molecule has 15 heteroatoms. The van der Waals surface area contributed by atoms with Crippen LogP contribution in [0.2, 0.25) is 0 Å². The molecule has 138 heavy (non-hydrogen) atoms. The number of anilines is 6. The second-order valence-electron chi connectivity index (χ2n) is 32.5. The van der Waals surface area contributed by atoms with Gasteiger partial charge in [-0.15, -0.1) is 45.1 Å². The van der Waals surface area contributed by atoms with E-state index in [0.717, 1.165) is 90.1 Å². The van der Waals surface area contributed by atoms with Gasteiger partial charge in [-0.1, -0.05) is 328 Å². The van der Waals surface area contributed by atoms with Gasteiger partial charge in [0.05, 0.1) is 47.0 Å². The van der Waals surface area contributed by atoms with Crippen molar-refractivity contribution in [3.05, 3.63) is 522 Å². The molecule has 5 aromatic heterocycles. The summed E-state index contributed by atoms with van der Waals surface area (Å²) in [5.74, 6) is 2.41. The maximum Gasteiger partial charge on any atom is 0.881 e. The quantitative estimate of drug-likeness (QED) is 0.0507. The molecular weight excluding hydrogens is 1910 g/mol. The molecule has 0 aliphatic rings. The number of hydrogen-bond acceptors (Lipinski definition) is 8. The van der Waals surface area contributed by atoms with Crippen molar-refractivity contribution in [3.8, 4) is 73.3 Å². The molecule has 0 saturated carbocycles. The Morgan fingerprint density at radius 2 is 0.681 bits per heavy atom. The van der Waals surface area contributed by atoms with Crippen LogP contribution < -0.4 is 21.2 Å². The molecule has 0 fully saturated rings. The van der Waals surface area contributed by atoms with Gasteiger partial charge in [0.15, 0.2) is 0 Å². The van der Waals surface area contributed by atoms with Crippen LogP contribution in [-0.4, -0.2) is 70.5 Å². The fourth-order valence-corrected chi connectivity index (χ4v) is 18.3.